The highest BCUT2D eigenvalue weighted by Crippen LogP contribution is 2.26. The molecule has 0 radical (unpaired) electrons. The van der Waals surface area contributed by atoms with Crippen molar-refractivity contribution in [1.82, 2.24) is 9.62 Å². The largest absolute Gasteiger partial charge is 0.310 e. The van der Waals surface area contributed by atoms with Crippen molar-refractivity contribution in [3.63, 3.8) is 0 Å². The summed E-state index contributed by atoms with van der Waals surface area (Å²) in [5, 5.41) is 3.37. The van der Waals surface area contributed by atoms with Crippen molar-refractivity contribution in [2.75, 3.05) is 13.6 Å². The maximum atomic E-state index is 12.4. The van der Waals surface area contributed by atoms with Gasteiger partial charge in [0.2, 0.25) is 10.0 Å². The Balaban J connectivity index is 2.24. The van der Waals surface area contributed by atoms with Crippen molar-refractivity contribution in [2.45, 2.75) is 30.3 Å². The molecule has 1 N–H and O–H groups in total. The molecule has 1 aromatic rings. The van der Waals surface area contributed by atoms with Gasteiger partial charge in [-0.2, -0.15) is 4.31 Å². The Morgan fingerprint density at radius 3 is 2.80 bits per heavy atom. The Morgan fingerprint density at radius 1 is 1.50 bits per heavy atom. The first-order valence-electron chi connectivity index (χ1n) is 6.36. The fourth-order valence-electron chi connectivity index (χ4n) is 1.79. The molecule has 0 spiro atoms. The standard InChI is InChI=1S/C14H17BrN2O2S/c1-3-8-17(2)20(18,19)14-9-11(4-7-13(14)15)10-16-12-5-6-12/h1,4,7,9,12,16H,5-6,8,10H2,2H3. The van der Waals surface area contributed by atoms with E-state index < -0.39 is 10.0 Å². The van der Waals surface area contributed by atoms with Crippen molar-refractivity contribution in [3.8, 4) is 12.3 Å². The minimum absolute atomic E-state index is 0.0549. The number of halogens is 1. The maximum Gasteiger partial charge on any atom is 0.244 e. The van der Waals surface area contributed by atoms with Crippen molar-refractivity contribution >= 4 is 26.0 Å². The fraction of sp³-hybridized carbons (Fsp3) is 0.429. The molecular weight excluding hydrogens is 340 g/mol. The van der Waals surface area contributed by atoms with Crippen LogP contribution in [0, 0.1) is 12.3 Å². The lowest BCUT2D eigenvalue weighted by molar-refractivity contribution is 0.502. The van der Waals surface area contributed by atoms with E-state index in [-0.39, 0.29) is 11.4 Å². The lowest BCUT2D eigenvalue weighted by atomic mass is 10.2. The fourth-order valence-corrected chi connectivity index (χ4v) is 3.84. The summed E-state index contributed by atoms with van der Waals surface area (Å²) >= 11 is 3.30. The van der Waals surface area contributed by atoms with E-state index >= 15 is 0 Å². The topological polar surface area (TPSA) is 49.4 Å². The van der Waals surface area contributed by atoms with Crippen LogP contribution in [0.4, 0.5) is 0 Å². The van der Waals surface area contributed by atoms with Crippen LogP contribution in [0.1, 0.15) is 18.4 Å². The third kappa shape index (κ3) is 3.61. The molecule has 0 saturated heterocycles. The summed E-state index contributed by atoms with van der Waals surface area (Å²) in [5.41, 5.74) is 0.952. The number of hydrogen-bond acceptors (Lipinski definition) is 3. The predicted octanol–water partition coefficient (Wildman–Crippen LogP) is 1.95. The molecule has 0 amide bonds. The summed E-state index contributed by atoms with van der Waals surface area (Å²) in [6.45, 7) is 0.735. The molecule has 4 nitrogen and oxygen atoms in total. The summed E-state index contributed by atoms with van der Waals surface area (Å²) in [7, 11) is -2.08. The van der Waals surface area contributed by atoms with Crippen LogP contribution in [0.2, 0.25) is 0 Å². The maximum absolute atomic E-state index is 12.4. The van der Waals surface area contributed by atoms with Gasteiger partial charge in [0.05, 0.1) is 11.4 Å². The number of rotatable bonds is 6. The van der Waals surface area contributed by atoms with E-state index in [9.17, 15) is 8.42 Å². The zero-order valence-corrected chi connectivity index (χ0v) is 13.7. The number of nitrogens with zero attached hydrogens (tertiary/aromatic N) is 1. The summed E-state index contributed by atoms with van der Waals surface area (Å²) in [5.74, 6) is 2.34. The number of terminal acetylenes is 1. The Bertz CT molecular complexity index is 633. The Morgan fingerprint density at radius 2 is 2.20 bits per heavy atom. The summed E-state index contributed by atoms with van der Waals surface area (Å²) in [6, 6.07) is 5.96. The van der Waals surface area contributed by atoms with Gasteiger partial charge in [0.25, 0.3) is 0 Å². The lowest BCUT2D eigenvalue weighted by Gasteiger charge is -2.16. The number of nitrogens with one attached hydrogen (secondary N) is 1. The van der Waals surface area contributed by atoms with Gasteiger partial charge in [-0.25, -0.2) is 8.42 Å². The summed E-state index contributed by atoms with van der Waals surface area (Å²) < 4.78 is 26.6. The van der Waals surface area contributed by atoms with Gasteiger partial charge in [-0.3, -0.25) is 0 Å². The van der Waals surface area contributed by atoms with Crippen LogP contribution in [0.15, 0.2) is 27.6 Å². The van der Waals surface area contributed by atoms with Crippen molar-refractivity contribution < 1.29 is 8.42 Å². The molecule has 0 unspecified atom stereocenters. The monoisotopic (exact) mass is 356 g/mol. The molecular formula is C14H17BrN2O2S. The normalized spacial score (nSPS) is 15.3. The molecule has 0 heterocycles. The Kier molecular flexibility index (Phi) is 4.86. The van der Waals surface area contributed by atoms with Crippen LogP contribution in [-0.2, 0) is 16.6 Å². The first-order valence-corrected chi connectivity index (χ1v) is 8.60. The molecule has 6 heteroatoms. The minimum Gasteiger partial charge on any atom is -0.310 e. The first-order chi connectivity index (χ1) is 9.45. The smallest absolute Gasteiger partial charge is 0.244 e. The van der Waals surface area contributed by atoms with Gasteiger partial charge in [0.15, 0.2) is 0 Å². The van der Waals surface area contributed by atoms with E-state index in [1.165, 1.54) is 24.2 Å². The van der Waals surface area contributed by atoms with E-state index in [4.69, 9.17) is 6.42 Å². The third-order valence-corrected chi connectivity index (χ3v) is 5.97. The number of sulfonamides is 1. The zero-order valence-electron chi connectivity index (χ0n) is 11.3. The van der Waals surface area contributed by atoms with Gasteiger partial charge in [0.1, 0.15) is 0 Å². The van der Waals surface area contributed by atoms with Gasteiger partial charge < -0.3 is 5.32 Å². The molecule has 1 aliphatic carbocycles. The molecule has 2 rings (SSSR count). The summed E-state index contributed by atoms with van der Waals surface area (Å²) in [6.07, 6.45) is 7.58. The van der Waals surface area contributed by atoms with E-state index in [0.717, 1.165) is 5.56 Å². The minimum atomic E-state index is -3.56. The lowest BCUT2D eigenvalue weighted by Crippen LogP contribution is -2.27. The second-order valence-electron chi connectivity index (χ2n) is 4.89. The highest BCUT2D eigenvalue weighted by atomic mass is 79.9. The van der Waals surface area contributed by atoms with Crippen LogP contribution in [0.25, 0.3) is 0 Å². The molecule has 0 atom stereocenters. The highest BCUT2D eigenvalue weighted by Gasteiger charge is 2.24. The molecule has 1 aromatic carbocycles. The molecule has 1 aliphatic rings. The van der Waals surface area contributed by atoms with Crippen LogP contribution in [0.3, 0.4) is 0 Å². The second kappa shape index (κ2) is 6.27. The molecule has 0 aromatic heterocycles. The van der Waals surface area contributed by atoms with Crippen LogP contribution in [-0.4, -0.2) is 32.4 Å². The quantitative estimate of drug-likeness (QED) is 0.792. The average Bonchev–Trinajstić information content (AvgIpc) is 3.22. The molecule has 0 bridgehead atoms. The molecule has 1 fully saturated rings. The molecule has 0 aliphatic heterocycles. The molecule has 20 heavy (non-hydrogen) atoms. The van der Waals surface area contributed by atoms with Gasteiger partial charge in [-0.15, -0.1) is 6.42 Å². The first kappa shape index (κ1) is 15.5. The van der Waals surface area contributed by atoms with E-state index in [2.05, 4.69) is 27.2 Å². The average molecular weight is 357 g/mol. The predicted molar refractivity (Wildman–Crippen MR) is 82.7 cm³/mol. The van der Waals surface area contributed by atoms with Gasteiger partial charge in [0, 0.05) is 24.1 Å². The van der Waals surface area contributed by atoms with Crippen molar-refractivity contribution in [2.24, 2.45) is 0 Å². The Labute approximate surface area is 128 Å². The second-order valence-corrected chi connectivity index (χ2v) is 7.75. The van der Waals surface area contributed by atoms with E-state index in [1.807, 2.05) is 6.07 Å². The SMILES string of the molecule is C#CCN(C)S(=O)(=O)c1cc(CNC2CC2)ccc1Br. The number of hydrogen-bond donors (Lipinski definition) is 1. The van der Waals surface area contributed by atoms with Crippen LogP contribution >= 0.6 is 15.9 Å². The summed E-state index contributed by atoms with van der Waals surface area (Å²) in [4.78, 5) is 0.255. The Hall–Kier alpha value is -0.870. The van der Waals surface area contributed by atoms with E-state index in [1.54, 1.807) is 12.1 Å². The molecule has 108 valence electrons. The zero-order chi connectivity index (χ0) is 14.8. The third-order valence-electron chi connectivity index (χ3n) is 3.17. The van der Waals surface area contributed by atoms with Gasteiger partial charge in [-0.1, -0.05) is 12.0 Å². The van der Waals surface area contributed by atoms with Crippen LogP contribution < -0.4 is 5.32 Å². The highest BCUT2D eigenvalue weighted by molar-refractivity contribution is 9.10. The van der Waals surface area contributed by atoms with E-state index in [0.29, 0.717) is 17.1 Å². The van der Waals surface area contributed by atoms with Crippen molar-refractivity contribution in [1.29, 1.82) is 0 Å². The molecule has 1 saturated carbocycles. The van der Waals surface area contributed by atoms with Crippen molar-refractivity contribution in [3.05, 3.63) is 28.2 Å². The number of benzene rings is 1. The van der Waals surface area contributed by atoms with Gasteiger partial charge in [-0.05, 0) is 46.5 Å². The van der Waals surface area contributed by atoms with Crippen LogP contribution in [0.5, 0.6) is 0 Å². The van der Waals surface area contributed by atoms with Gasteiger partial charge >= 0.3 is 0 Å².